The van der Waals surface area contributed by atoms with Crippen molar-refractivity contribution in [2.45, 2.75) is 77.9 Å². The van der Waals surface area contributed by atoms with E-state index in [0.717, 1.165) is 18.6 Å². The summed E-state index contributed by atoms with van der Waals surface area (Å²) in [4.78, 5) is 38.3. The van der Waals surface area contributed by atoms with Gasteiger partial charge in [-0.2, -0.15) is 0 Å². The highest BCUT2D eigenvalue weighted by Crippen LogP contribution is 2.25. The van der Waals surface area contributed by atoms with Gasteiger partial charge in [-0.05, 0) is 37.3 Å². The predicted molar refractivity (Wildman–Crippen MR) is 149 cm³/mol. The van der Waals surface area contributed by atoms with Crippen LogP contribution in [0, 0.1) is 11.8 Å². The van der Waals surface area contributed by atoms with Crippen LogP contribution in [0.15, 0.2) is 29.0 Å². The van der Waals surface area contributed by atoms with Crippen LogP contribution in [-0.2, 0) is 21.5 Å². The van der Waals surface area contributed by atoms with Crippen LogP contribution in [0.4, 0.5) is 5.82 Å². The van der Waals surface area contributed by atoms with Gasteiger partial charge < -0.3 is 30.0 Å². The summed E-state index contributed by atoms with van der Waals surface area (Å²) in [6.07, 6.45) is 5.48. The Morgan fingerprint density at radius 1 is 1.21 bits per heavy atom. The van der Waals surface area contributed by atoms with E-state index in [9.17, 15) is 9.59 Å². The van der Waals surface area contributed by atoms with Crippen molar-refractivity contribution in [2.24, 2.45) is 11.8 Å². The molecule has 10 nitrogen and oxygen atoms in total. The summed E-state index contributed by atoms with van der Waals surface area (Å²) in [7, 11) is 0. The van der Waals surface area contributed by atoms with Gasteiger partial charge in [0.2, 0.25) is 5.91 Å². The van der Waals surface area contributed by atoms with Crippen molar-refractivity contribution in [1.29, 1.82) is 0 Å². The maximum Gasteiger partial charge on any atom is 0.259 e. The SMILES string of the molecule is CC(C)CN(C(=O)c1cnc(C(C)(C)C)nc1NCc1ccco1)[C@@H]1CNCC(NC(=O)C2CCOCC2)C1. The number of carbonyl (C=O) groups is 2. The standard InChI is InChI=1S/C29H44N6O4/c1-19(2)18-35(22-13-21(14-30-15-22)33-26(36)20-8-11-38-12-9-20)27(37)24-17-32-28(29(3,4)5)34-25(24)31-16-23-7-6-10-39-23/h6-7,10,17,19-22,30H,8-9,11-16,18H2,1-5H3,(H,33,36)(H,31,32,34)/t21?,22-/m0/s1. The molecule has 2 aliphatic rings. The quantitative estimate of drug-likeness (QED) is 0.443. The average molecular weight is 541 g/mol. The van der Waals surface area contributed by atoms with Crippen molar-refractivity contribution in [2.75, 3.05) is 38.2 Å². The van der Waals surface area contributed by atoms with Crippen molar-refractivity contribution in [3.05, 3.63) is 41.7 Å². The Morgan fingerprint density at radius 2 is 1.97 bits per heavy atom. The van der Waals surface area contributed by atoms with Crippen molar-refractivity contribution in [1.82, 2.24) is 25.5 Å². The minimum atomic E-state index is -0.274. The lowest BCUT2D eigenvalue weighted by Crippen LogP contribution is -2.58. The van der Waals surface area contributed by atoms with Crippen LogP contribution in [0.3, 0.4) is 0 Å². The fraction of sp³-hybridized carbons (Fsp3) is 0.655. The summed E-state index contributed by atoms with van der Waals surface area (Å²) in [5, 5.41) is 10.00. The Kier molecular flexibility index (Phi) is 9.61. The first-order valence-corrected chi connectivity index (χ1v) is 14.2. The molecule has 3 N–H and O–H groups in total. The van der Waals surface area contributed by atoms with Gasteiger partial charge in [0.1, 0.15) is 23.0 Å². The first-order chi connectivity index (χ1) is 18.6. The number of nitrogens with one attached hydrogen (secondary N) is 3. The molecule has 2 aromatic rings. The van der Waals surface area contributed by atoms with E-state index in [2.05, 4.69) is 34.8 Å². The van der Waals surface area contributed by atoms with Gasteiger partial charge in [0.25, 0.3) is 5.91 Å². The molecule has 4 rings (SSSR count). The minimum absolute atomic E-state index is 0.00574. The molecule has 1 unspecified atom stereocenters. The van der Waals surface area contributed by atoms with Gasteiger partial charge in [-0.25, -0.2) is 9.97 Å². The molecule has 2 atom stereocenters. The molecule has 2 aliphatic heterocycles. The first-order valence-electron chi connectivity index (χ1n) is 14.2. The fourth-order valence-corrected chi connectivity index (χ4v) is 5.11. The molecule has 2 aromatic heterocycles. The molecule has 0 spiro atoms. The van der Waals surface area contributed by atoms with E-state index in [1.165, 1.54) is 0 Å². The minimum Gasteiger partial charge on any atom is -0.467 e. The summed E-state index contributed by atoms with van der Waals surface area (Å²) in [5.74, 6) is 2.14. The molecule has 0 saturated carbocycles. The summed E-state index contributed by atoms with van der Waals surface area (Å²) in [5.41, 5.74) is 0.160. The molecular formula is C29H44N6O4. The lowest BCUT2D eigenvalue weighted by molar-refractivity contribution is -0.128. The average Bonchev–Trinajstić information content (AvgIpc) is 3.44. The number of furan rings is 1. The highest BCUT2D eigenvalue weighted by atomic mass is 16.5. The van der Waals surface area contributed by atoms with Crippen LogP contribution in [0.2, 0.25) is 0 Å². The molecule has 2 saturated heterocycles. The maximum absolute atomic E-state index is 14.2. The van der Waals surface area contributed by atoms with Gasteiger partial charge >= 0.3 is 0 Å². The molecule has 0 aromatic carbocycles. The molecule has 10 heteroatoms. The zero-order valence-corrected chi connectivity index (χ0v) is 24.0. The zero-order valence-electron chi connectivity index (χ0n) is 24.0. The number of hydrogen-bond acceptors (Lipinski definition) is 8. The Morgan fingerprint density at radius 3 is 2.64 bits per heavy atom. The van der Waals surface area contributed by atoms with Crippen molar-refractivity contribution < 1.29 is 18.7 Å². The van der Waals surface area contributed by atoms with Gasteiger partial charge in [0.05, 0.1) is 12.8 Å². The van der Waals surface area contributed by atoms with Gasteiger partial charge in [0.15, 0.2) is 0 Å². The highest BCUT2D eigenvalue weighted by molar-refractivity contribution is 5.98. The zero-order chi connectivity index (χ0) is 28.0. The summed E-state index contributed by atoms with van der Waals surface area (Å²) in [6.45, 7) is 14.0. The summed E-state index contributed by atoms with van der Waals surface area (Å²) in [6, 6.07) is 3.60. The lowest BCUT2D eigenvalue weighted by atomic mass is 9.95. The number of piperidine rings is 1. The molecule has 0 radical (unpaired) electrons. The predicted octanol–water partition coefficient (Wildman–Crippen LogP) is 3.35. The third-order valence-electron chi connectivity index (χ3n) is 7.23. The second-order valence-corrected chi connectivity index (χ2v) is 12.1. The van der Waals surface area contributed by atoms with Crippen LogP contribution < -0.4 is 16.0 Å². The number of aromatic nitrogens is 2. The van der Waals surface area contributed by atoms with Crippen LogP contribution in [0.1, 0.15) is 75.8 Å². The van der Waals surface area contributed by atoms with E-state index < -0.39 is 0 Å². The Hall–Kier alpha value is -2.98. The second-order valence-electron chi connectivity index (χ2n) is 12.1. The fourth-order valence-electron chi connectivity index (χ4n) is 5.11. The van der Waals surface area contributed by atoms with Crippen LogP contribution in [0.25, 0.3) is 0 Å². The van der Waals surface area contributed by atoms with E-state index in [1.807, 2.05) is 37.8 Å². The Balaban J connectivity index is 1.54. The molecule has 4 heterocycles. The van der Waals surface area contributed by atoms with Gasteiger partial charge in [-0.15, -0.1) is 0 Å². The first kappa shape index (κ1) is 29.0. The molecule has 0 bridgehead atoms. The topological polar surface area (TPSA) is 122 Å². The Bertz CT molecular complexity index is 1090. The summed E-state index contributed by atoms with van der Waals surface area (Å²) >= 11 is 0. The number of amides is 2. The van der Waals surface area contributed by atoms with Crippen LogP contribution in [0.5, 0.6) is 0 Å². The highest BCUT2D eigenvalue weighted by Gasteiger charge is 2.34. The van der Waals surface area contributed by atoms with E-state index in [0.29, 0.717) is 63.0 Å². The molecule has 2 fully saturated rings. The van der Waals surface area contributed by atoms with Crippen LogP contribution in [-0.4, -0.2) is 71.6 Å². The number of rotatable bonds is 9. The van der Waals surface area contributed by atoms with Crippen molar-refractivity contribution in [3.8, 4) is 0 Å². The van der Waals surface area contributed by atoms with Gasteiger partial charge in [-0.3, -0.25) is 9.59 Å². The number of anilines is 1. The molecule has 214 valence electrons. The lowest BCUT2D eigenvalue weighted by Gasteiger charge is -2.39. The number of nitrogens with zero attached hydrogens (tertiary/aromatic N) is 3. The van der Waals surface area contributed by atoms with Crippen LogP contribution >= 0.6 is 0 Å². The normalized spacial score (nSPS) is 20.6. The van der Waals surface area contributed by atoms with Gasteiger partial charge in [-0.1, -0.05) is 34.6 Å². The third-order valence-corrected chi connectivity index (χ3v) is 7.23. The van der Waals surface area contributed by atoms with Crippen molar-refractivity contribution >= 4 is 17.6 Å². The molecule has 2 amide bonds. The van der Waals surface area contributed by atoms with Gasteiger partial charge in [0, 0.05) is 62.5 Å². The summed E-state index contributed by atoms with van der Waals surface area (Å²) < 4.78 is 10.9. The third kappa shape index (κ3) is 7.79. The van der Waals surface area contributed by atoms with E-state index in [-0.39, 0.29) is 41.1 Å². The van der Waals surface area contributed by atoms with E-state index in [1.54, 1.807) is 12.5 Å². The number of carbonyl (C=O) groups excluding carboxylic acids is 2. The molecule has 0 aliphatic carbocycles. The maximum atomic E-state index is 14.2. The number of hydrogen-bond donors (Lipinski definition) is 3. The van der Waals surface area contributed by atoms with Crippen molar-refractivity contribution in [3.63, 3.8) is 0 Å². The second kappa shape index (κ2) is 12.9. The Labute approximate surface area is 231 Å². The molecule has 39 heavy (non-hydrogen) atoms. The van der Waals surface area contributed by atoms with E-state index >= 15 is 0 Å². The largest absolute Gasteiger partial charge is 0.467 e. The number of ether oxygens (including phenoxy) is 1. The molecular weight excluding hydrogens is 496 g/mol. The monoisotopic (exact) mass is 540 g/mol. The smallest absolute Gasteiger partial charge is 0.259 e. The van der Waals surface area contributed by atoms with E-state index in [4.69, 9.17) is 14.1 Å².